The molecule has 0 radical (unpaired) electrons. The summed E-state index contributed by atoms with van der Waals surface area (Å²) >= 11 is 1.24. The normalized spacial score (nSPS) is 12.3. The predicted molar refractivity (Wildman–Crippen MR) is 101 cm³/mol. The fourth-order valence-corrected chi connectivity index (χ4v) is 2.76. The highest BCUT2D eigenvalue weighted by Gasteiger charge is 2.26. The van der Waals surface area contributed by atoms with Crippen molar-refractivity contribution in [1.82, 2.24) is 10.3 Å². The molecule has 1 amide bonds. The molecular formula is C19H20N2O3S. The van der Waals surface area contributed by atoms with Crippen LogP contribution in [0.15, 0.2) is 24.4 Å². The maximum atomic E-state index is 12.3. The highest BCUT2D eigenvalue weighted by molar-refractivity contribution is 7.99. The van der Waals surface area contributed by atoms with Gasteiger partial charge < -0.3 is 14.8 Å². The van der Waals surface area contributed by atoms with Crippen molar-refractivity contribution in [1.29, 1.82) is 0 Å². The number of thioether (sulfide) groups is 1. The lowest BCUT2D eigenvalue weighted by molar-refractivity contribution is -0.128. The smallest absolute Gasteiger partial charge is 0.272 e. The summed E-state index contributed by atoms with van der Waals surface area (Å²) in [5.74, 6) is 2.73. The minimum Gasteiger partial charge on any atom is -0.470 e. The van der Waals surface area contributed by atoms with E-state index in [4.69, 9.17) is 11.2 Å². The van der Waals surface area contributed by atoms with Crippen LogP contribution in [0.5, 0.6) is 5.75 Å². The molecule has 1 aromatic carbocycles. The summed E-state index contributed by atoms with van der Waals surface area (Å²) in [6.45, 7) is 5.17. The molecule has 1 atom stereocenters. The molecule has 0 aliphatic rings. The fraction of sp³-hybridized carbons (Fsp3) is 0.316. The zero-order valence-electron chi connectivity index (χ0n) is 14.6. The first kappa shape index (κ1) is 18.8. The number of amides is 1. The molecular weight excluding hydrogens is 336 g/mol. The van der Waals surface area contributed by atoms with Crippen LogP contribution < -0.4 is 10.1 Å². The van der Waals surface area contributed by atoms with Gasteiger partial charge in [0.05, 0.1) is 11.1 Å². The Balaban J connectivity index is 2.29. The van der Waals surface area contributed by atoms with E-state index < -0.39 is 11.0 Å². The van der Waals surface area contributed by atoms with Crippen LogP contribution in [0.25, 0.3) is 10.9 Å². The maximum Gasteiger partial charge on any atom is 0.272 e. The number of rotatable bonds is 6. The van der Waals surface area contributed by atoms with Crippen molar-refractivity contribution in [3.8, 4) is 18.1 Å². The number of aromatic nitrogens is 1. The van der Waals surface area contributed by atoms with E-state index in [-0.39, 0.29) is 5.91 Å². The topological polar surface area (TPSA) is 68.3 Å². The van der Waals surface area contributed by atoms with Gasteiger partial charge in [-0.2, -0.15) is 0 Å². The van der Waals surface area contributed by atoms with Crippen molar-refractivity contribution < 1.29 is 14.3 Å². The Morgan fingerprint density at radius 3 is 2.76 bits per heavy atom. The number of pyridine rings is 1. The van der Waals surface area contributed by atoms with Gasteiger partial charge in [0.25, 0.3) is 5.91 Å². The lowest BCUT2D eigenvalue weighted by atomic mass is 10.1. The van der Waals surface area contributed by atoms with Crippen molar-refractivity contribution in [2.24, 2.45) is 0 Å². The number of terminal acetylenes is 1. The number of nitrogens with one attached hydrogen (secondary N) is 1. The molecule has 25 heavy (non-hydrogen) atoms. The van der Waals surface area contributed by atoms with Crippen LogP contribution in [-0.4, -0.2) is 34.4 Å². The first-order valence-electron chi connectivity index (χ1n) is 7.64. The summed E-state index contributed by atoms with van der Waals surface area (Å²) in [4.78, 5) is 27.7. The fourth-order valence-electron chi connectivity index (χ4n) is 2.28. The van der Waals surface area contributed by atoms with E-state index in [1.54, 1.807) is 32.4 Å². The Bertz CT molecular complexity index is 856. The number of ether oxygens (including phenoxy) is 1. The van der Waals surface area contributed by atoms with Gasteiger partial charge >= 0.3 is 0 Å². The highest BCUT2D eigenvalue weighted by Crippen LogP contribution is 2.26. The second kappa shape index (κ2) is 7.58. The Hall–Kier alpha value is -2.52. The molecule has 0 fully saturated rings. The van der Waals surface area contributed by atoms with Crippen molar-refractivity contribution in [2.75, 3.05) is 6.26 Å². The molecule has 1 heterocycles. The van der Waals surface area contributed by atoms with Crippen LogP contribution in [0.2, 0.25) is 0 Å². The van der Waals surface area contributed by atoms with Crippen molar-refractivity contribution in [3.63, 3.8) is 0 Å². The van der Waals surface area contributed by atoms with Gasteiger partial charge in [0.15, 0.2) is 0 Å². The minimum absolute atomic E-state index is 0.363. The molecule has 6 heteroatoms. The second-order valence-electron chi connectivity index (χ2n) is 6.19. The molecule has 2 rings (SSSR count). The Morgan fingerprint density at radius 1 is 1.44 bits per heavy atom. The quantitative estimate of drug-likeness (QED) is 0.490. The molecule has 5 nitrogen and oxygen atoms in total. The molecule has 1 N–H and O–H groups in total. The van der Waals surface area contributed by atoms with Gasteiger partial charge in [-0.15, -0.1) is 18.2 Å². The third kappa shape index (κ3) is 4.52. The number of carbonyl (C=O) groups excluding carboxylic acids is 2. The first-order chi connectivity index (χ1) is 11.8. The van der Waals surface area contributed by atoms with Crippen LogP contribution in [0.3, 0.4) is 0 Å². The SMILES string of the molecule is C#Cc1cnc2c(C)cc(OC(SC)C(=O)NC(C)(C)C=O)cc2c1. The van der Waals surface area contributed by atoms with Gasteiger partial charge in [-0.05, 0) is 50.8 Å². The van der Waals surface area contributed by atoms with Crippen LogP contribution in [0.4, 0.5) is 0 Å². The van der Waals surface area contributed by atoms with E-state index >= 15 is 0 Å². The van der Waals surface area contributed by atoms with E-state index in [9.17, 15) is 9.59 Å². The summed E-state index contributed by atoms with van der Waals surface area (Å²) in [7, 11) is 0. The zero-order valence-corrected chi connectivity index (χ0v) is 15.4. The van der Waals surface area contributed by atoms with Gasteiger partial charge in [0.2, 0.25) is 5.44 Å². The predicted octanol–water partition coefficient (Wildman–Crippen LogP) is 2.69. The van der Waals surface area contributed by atoms with Crippen LogP contribution in [0.1, 0.15) is 25.0 Å². The van der Waals surface area contributed by atoms with E-state index in [1.165, 1.54) is 11.8 Å². The van der Waals surface area contributed by atoms with E-state index in [1.807, 2.05) is 19.1 Å². The van der Waals surface area contributed by atoms with E-state index in [0.717, 1.165) is 16.5 Å². The summed E-state index contributed by atoms with van der Waals surface area (Å²) < 4.78 is 5.83. The summed E-state index contributed by atoms with van der Waals surface area (Å²) in [6, 6.07) is 5.48. The lowest BCUT2D eigenvalue weighted by Gasteiger charge is -2.23. The molecule has 0 bridgehead atoms. The number of fused-ring (bicyclic) bond motifs is 1. The van der Waals surface area contributed by atoms with E-state index in [2.05, 4.69) is 16.2 Å². The average molecular weight is 356 g/mol. The van der Waals surface area contributed by atoms with Crippen molar-refractivity contribution in [3.05, 3.63) is 35.5 Å². The Labute approximate surface area is 151 Å². The Kier molecular flexibility index (Phi) is 5.70. The largest absolute Gasteiger partial charge is 0.470 e. The second-order valence-corrected chi connectivity index (χ2v) is 7.09. The standard InChI is InChI=1S/C19H20N2O3S/c1-6-13-8-14-9-15(7-12(2)16(14)20-10-13)24-18(25-5)17(23)21-19(3,4)11-22/h1,7-11,18H,2-5H3,(H,21,23). The number of aryl methyl sites for hydroxylation is 1. The maximum absolute atomic E-state index is 12.3. The highest BCUT2D eigenvalue weighted by atomic mass is 32.2. The molecule has 0 aliphatic heterocycles. The number of benzene rings is 1. The van der Waals surface area contributed by atoms with Crippen molar-refractivity contribution in [2.45, 2.75) is 31.7 Å². The number of hydrogen-bond acceptors (Lipinski definition) is 5. The first-order valence-corrected chi connectivity index (χ1v) is 8.93. The lowest BCUT2D eigenvalue weighted by Crippen LogP contribution is -2.49. The van der Waals surface area contributed by atoms with Gasteiger partial charge in [-0.1, -0.05) is 5.92 Å². The molecule has 0 saturated heterocycles. The number of hydrogen-bond donors (Lipinski definition) is 1. The molecule has 130 valence electrons. The molecule has 1 unspecified atom stereocenters. The molecule has 0 aliphatic carbocycles. The Morgan fingerprint density at radius 2 is 2.16 bits per heavy atom. The zero-order chi connectivity index (χ0) is 18.6. The average Bonchev–Trinajstić information content (AvgIpc) is 2.58. The molecule has 1 aromatic heterocycles. The van der Waals surface area contributed by atoms with Gasteiger partial charge in [0, 0.05) is 17.1 Å². The summed E-state index contributed by atoms with van der Waals surface area (Å²) in [5, 5.41) is 3.50. The van der Waals surface area contributed by atoms with E-state index in [0.29, 0.717) is 17.6 Å². The molecule has 0 saturated carbocycles. The van der Waals surface area contributed by atoms with Crippen LogP contribution >= 0.6 is 11.8 Å². The third-order valence-electron chi connectivity index (χ3n) is 3.53. The number of aldehydes is 1. The molecule has 2 aromatic rings. The van der Waals surface area contributed by atoms with Crippen LogP contribution in [0, 0.1) is 19.3 Å². The molecule has 0 spiro atoms. The minimum atomic E-state index is -0.945. The van der Waals surface area contributed by atoms with Crippen molar-refractivity contribution >= 4 is 34.9 Å². The third-order valence-corrected chi connectivity index (χ3v) is 4.26. The number of carbonyl (C=O) groups is 2. The summed E-state index contributed by atoms with van der Waals surface area (Å²) in [5.41, 5.74) is 0.707. The van der Waals surface area contributed by atoms with Gasteiger partial charge in [-0.3, -0.25) is 9.78 Å². The number of nitrogens with zero attached hydrogens (tertiary/aromatic N) is 1. The monoisotopic (exact) mass is 356 g/mol. The summed E-state index contributed by atoms with van der Waals surface area (Å²) in [6.07, 6.45) is 9.53. The van der Waals surface area contributed by atoms with Gasteiger partial charge in [0.1, 0.15) is 12.0 Å². The van der Waals surface area contributed by atoms with Gasteiger partial charge in [-0.25, -0.2) is 0 Å². The van der Waals surface area contributed by atoms with Crippen LogP contribution in [-0.2, 0) is 9.59 Å².